The van der Waals surface area contributed by atoms with E-state index in [-0.39, 0.29) is 34.1 Å². The van der Waals surface area contributed by atoms with E-state index in [1.165, 1.54) is 18.2 Å². The van der Waals surface area contributed by atoms with Gasteiger partial charge in [-0.1, -0.05) is 42.8 Å². The molecule has 1 amide bonds. The maximum Gasteiger partial charge on any atom is 0.339 e. The second-order valence-electron chi connectivity index (χ2n) is 7.32. The number of ether oxygens (including phenoxy) is 1. The lowest BCUT2D eigenvalue weighted by molar-refractivity contribution is -0.124. The van der Waals surface area contributed by atoms with Crippen LogP contribution < -0.4 is 5.32 Å². The van der Waals surface area contributed by atoms with Gasteiger partial charge in [0.1, 0.15) is 5.52 Å². The number of hydrogen-bond acceptors (Lipinski definition) is 6. The van der Waals surface area contributed by atoms with E-state index in [2.05, 4.69) is 10.3 Å². The molecule has 0 radical (unpaired) electrons. The Morgan fingerprint density at radius 1 is 1.09 bits per heavy atom. The standard InChI is InChI=1S/C25H19ClN2O6/c1-2-20(22(29)27-19-13-14(24(30)31)11-12-17(19)26)34-25(32)16-8-4-3-7-15(16)23-28-18-9-5-6-10-21(18)33-23/h3-13,20H,2H2,1H3,(H,27,29)(H,30,31). The molecule has 1 heterocycles. The number of halogens is 1. The summed E-state index contributed by atoms with van der Waals surface area (Å²) in [5.41, 5.74) is 1.89. The third-order valence-corrected chi connectivity index (χ3v) is 5.38. The second kappa shape index (κ2) is 9.76. The van der Waals surface area contributed by atoms with Gasteiger partial charge in [-0.15, -0.1) is 0 Å². The normalized spacial score (nSPS) is 11.7. The smallest absolute Gasteiger partial charge is 0.339 e. The first kappa shape index (κ1) is 23.0. The Hall–Kier alpha value is -4.17. The van der Waals surface area contributed by atoms with Gasteiger partial charge < -0.3 is 19.6 Å². The van der Waals surface area contributed by atoms with Gasteiger partial charge in [-0.25, -0.2) is 14.6 Å². The molecule has 1 aromatic heterocycles. The zero-order valence-electron chi connectivity index (χ0n) is 17.9. The van der Waals surface area contributed by atoms with E-state index in [0.717, 1.165) is 0 Å². The van der Waals surface area contributed by atoms with Gasteiger partial charge in [0.25, 0.3) is 5.91 Å². The molecule has 0 aliphatic rings. The number of carbonyl (C=O) groups excluding carboxylic acids is 2. The molecule has 1 unspecified atom stereocenters. The van der Waals surface area contributed by atoms with Gasteiger partial charge in [0.2, 0.25) is 5.89 Å². The molecule has 0 aliphatic heterocycles. The Bertz CT molecular complexity index is 1360. The van der Waals surface area contributed by atoms with Crippen LogP contribution in [0.2, 0.25) is 5.02 Å². The monoisotopic (exact) mass is 478 g/mol. The molecule has 0 saturated carbocycles. The summed E-state index contributed by atoms with van der Waals surface area (Å²) in [4.78, 5) is 41.4. The molecule has 1 atom stereocenters. The van der Waals surface area contributed by atoms with Crippen LogP contribution in [0.4, 0.5) is 5.69 Å². The fourth-order valence-electron chi connectivity index (χ4n) is 3.32. The first-order chi connectivity index (χ1) is 16.4. The number of carboxylic acid groups (broad SMARTS) is 1. The van der Waals surface area contributed by atoms with E-state index in [4.69, 9.17) is 25.9 Å². The summed E-state index contributed by atoms with van der Waals surface area (Å²) in [5, 5.41) is 11.9. The summed E-state index contributed by atoms with van der Waals surface area (Å²) in [5.74, 6) is -2.28. The molecular weight excluding hydrogens is 460 g/mol. The maximum atomic E-state index is 13.0. The Balaban J connectivity index is 1.56. The minimum Gasteiger partial charge on any atom is -0.478 e. The topological polar surface area (TPSA) is 119 Å². The molecular formula is C25H19ClN2O6. The van der Waals surface area contributed by atoms with Gasteiger partial charge in [-0.3, -0.25) is 4.79 Å². The molecule has 9 heteroatoms. The van der Waals surface area contributed by atoms with Crippen molar-refractivity contribution in [2.24, 2.45) is 0 Å². The molecule has 4 aromatic rings. The number of nitrogens with zero attached hydrogens (tertiary/aromatic N) is 1. The Kier molecular flexibility index (Phi) is 6.60. The van der Waals surface area contributed by atoms with Gasteiger partial charge >= 0.3 is 11.9 Å². The van der Waals surface area contributed by atoms with Crippen LogP contribution in [0.25, 0.3) is 22.6 Å². The van der Waals surface area contributed by atoms with Crippen LogP contribution in [0.15, 0.2) is 71.1 Å². The fourth-order valence-corrected chi connectivity index (χ4v) is 3.48. The van der Waals surface area contributed by atoms with E-state index >= 15 is 0 Å². The Morgan fingerprint density at radius 3 is 2.56 bits per heavy atom. The lowest BCUT2D eigenvalue weighted by Crippen LogP contribution is -2.32. The largest absolute Gasteiger partial charge is 0.478 e. The van der Waals surface area contributed by atoms with Crippen LogP contribution in [-0.2, 0) is 9.53 Å². The number of aromatic carboxylic acids is 1. The van der Waals surface area contributed by atoms with E-state index in [1.807, 2.05) is 12.1 Å². The number of para-hydroxylation sites is 2. The van der Waals surface area contributed by atoms with Crippen molar-refractivity contribution < 1.29 is 28.6 Å². The van der Waals surface area contributed by atoms with Crippen molar-refractivity contribution in [2.75, 3.05) is 5.32 Å². The highest BCUT2D eigenvalue weighted by Crippen LogP contribution is 2.28. The predicted octanol–water partition coefficient (Wildman–Crippen LogP) is 5.42. The van der Waals surface area contributed by atoms with Gasteiger partial charge in [0, 0.05) is 0 Å². The summed E-state index contributed by atoms with van der Waals surface area (Å²) in [7, 11) is 0. The van der Waals surface area contributed by atoms with Crippen LogP contribution in [0.3, 0.4) is 0 Å². The van der Waals surface area contributed by atoms with Crippen LogP contribution in [-0.4, -0.2) is 34.0 Å². The third kappa shape index (κ3) is 4.77. The fraction of sp³-hybridized carbons (Fsp3) is 0.120. The summed E-state index contributed by atoms with van der Waals surface area (Å²) in [6, 6.07) is 17.8. The molecule has 0 fully saturated rings. The van der Waals surface area contributed by atoms with E-state index in [9.17, 15) is 14.4 Å². The number of carbonyl (C=O) groups is 3. The molecule has 0 spiro atoms. The molecule has 3 aromatic carbocycles. The summed E-state index contributed by atoms with van der Waals surface area (Å²) < 4.78 is 11.3. The number of aromatic nitrogens is 1. The number of benzene rings is 3. The highest BCUT2D eigenvalue weighted by Gasteiger charge is 2.25. The minimum atomic E-state index is -1.17. The number of amides is 1. The van der Waals surface area contributed by atoms with Crippen molar-refractivity contribution in [1.82, 2.24) is 4.98 Å². The van der Waals surface area contributed by atoms with Crippen molar-refractivity contribution in [2.45, 2.75) is 19.4 Å². The lowest BCUT2D eigenvalue weighted by Gasteiger charge is -2.17. The number of rotatable bonds is 7. The Labute approximate surface area is 199 Å². The molecule has 2 N–H and O–H groups in total. The third-order valence-electron chi connectivity index (χ3n) is 5.05. The van der Waals surface area contributed by atoms with Crippen molar-refractivity contribution in [3.63, 3.8) is 0 Å². The van der Waals surface area contributed by atoms with Crippen LogP contribution in [0.5, 0.6) is 0 Å². The highest BCUT2D eigenvalue weighted by molar-refractivity contribution is 6.34. The molecule has 0 saturated heterocycles. The lowest BCUT2D eigenvalue weighted by atomic mass is 10.1. The van der Waals surface area contributed by atoms with Crippen molar-refractivity contribution >= 4 is 46.2 Å². The van der Waals surface area contributed by atoms with Gasteiger partial charge in [0.05, 0.1) is 27.4 Å². The molecule has 0 aliphatic carbocycles. The number of oxazole rings is 1. The zero-order chi connectivity index (χ0) is 24.2. The average Bonchev–Trinajstić information content (AvgIpc) is 3.27. The van der Waals surface area contributed by atoms with Crippen LogP contribution in [0, 0.1) is 0 Å². The van der Waals surface area contributed by atoms with E-state index in [1.54, 1.807) is 43.3 Å². The quantitative estimate of drug-likeness (QED) is 0.340. The summed E-state index contributed by atoms with van der Waals surface area (Å²) in [6.45, 7) is 1.68. The Morgan fingerprint density at radius 2 is 1.82 bits per heavy atom. The van der Waals surface area contributed by atoms with Gasteiger partial charge in [-0.2, -0.15) is 0 Å². The van der Waals surface area contributed by atoms with Crippen molar-refractivity contribution in [1.29, 1.82) is 0 Å². The second-order valence-corrected chi connectivity index (χ2v) is 7.73. The molecule has 34 heavy (non-hydrogen) atoms. The van der Waals surface area contributed by atoms with Gasteiger partial charge in [0.15, 0.2) is 11.7 Å². The molecule has 8 nitrogen and oxygen atoms in total. The maximum absolute atomic E-state index is 13.0. The SMILES string of the molecule is CCC(OC(=O)c1ccccc1-c1nc2ccccc2o1)C(=O)Nc1cc(C(=O)O)ccc1Cl. The molecule has 172 valence electrons. The van der Waals surface area contributed by atoms with E-state index < -0.39 is 23.9 Å². The first-order valence-corrected chi connectivity index (χ1v) is 10.7. The number of nitrogens with one attached hydrogen (secondary N) is 1. The van der Waals surface area contributed by atoms with Crippen LogP contribution in [0.1, 0.15) is 34.1 Å². The number of anilines is 1. The molecule has 0 bridgehead atoms. The highest BCUT2D eigenvalue weighted by atomic mass is 35.5. The average molecular weight is 479 g/mol. The summed E-state index contributed by atoms with van der Waals surface area (Å²) in [6.07, 6.45) is -0.965. The van der Waals surface area contributed by atoms with E-state index in [0.29, 0.717) is 16.7 Å². The van der Waals surface area contributed by atoms with Gasteiger partial charge in [-0.05, 0) is 48.9 Å². The van der Waals surface area contributed by atoms with Crippen molar-refractivity contribution in [3.05, 3.63) is 82.9 Å². The first-order valence-electron chi connectivity index (χ1n) is 10.4. The van der Waals surface area contributed by atoms with Crippen molar-refractivity contribution in [3.8, 4) is 11.5 Å². The summed E-state index contributed by atoms with van der Waals surface area (Å²) >= 11 is 6.08. The number of carboxylic acids is 1. The minimum absolute atomic E-state index is 0.0444. The number of esters is 1. The molecule has 4 rings (SSSR count). The number of fused-ring (bicyclic) bond motifs is 1. The predicted molar refractivity (Wildman–Crippen MR) is 126 cm³/mol. The van der Waals surface area contributed by atoms with Crippen LogP contribution >= 0.6 is 11.6 Å². The zero-order valence-corrected chi connectivity index (χ0v) is 18.7. The number of hydrogen-bond donors (Lipinski definition) is 2.